The summed E-state index contributed by atoms with van der Waals surface area (Å²) in [6.07, 6.45) is 0.496. The third-order valence-corrected chi connectivity index (χ3v) is 7.30. The Morgan fingerprint density at radius 1 is 0.758 bits per heavy atom. The first-order valence-corrected chi connectivity index (χ1v) is 13.0. The molecule has 0 atom stereocenters. The molecule has 3 rings (SSSR count). The molecule has 33 heavy (non-hydrogen) atoms. The van der Waals surface area contributed by atoms with Crippen molar-refractivity contribution < 1.29 is 26.0 Å². The SMILES string of the molecule is CCCS(=O)(=O)Nc1ccc(NC(=O)c2ccc(NS(=O)(=O)c3ccc(F)cc3)cc2)cc1. The number of anilines is 3. The largest absolute Gasteiger partial charge is 0.322 e. The van der Waals surface area contributed by atoms with Crippen molar-refractivity contribution in [1.82, 2.24) is 0 Å². The molecule has 8 nitrogen and oxygen atoms in total. The number of carbonyl (C=O) groups is 1. The maximum absolute atomic E-state index is 13.0. The van der Waals surface area contributed by atoms with Crippen LogP contribution in [0.4, 0.5) is 21.5 Å². The topological polar surface area (TPSA) is 121 Å². The van der Waals surface area contributed by atoms with Gasteiger partial charge >= 0.3 is 0 Å². The predicted molar refractivity (Wildman–Crippen MR) is 126 cm³/mol. The van der Waals surface area contributed by atoms with Gasteiger partial charge in [-0.2, -0.15) is 0 Å². The van der Waals surface area contributed by atoms with E-state index in [1.54, 1.807) is 19.1 Å². The van der Waals surface area contributed by atoms with Gasteiger partial charge in [-0.25, -0.2) is 21.2 Å². The Bertz CT molecular complexity index is 1320. The molecule has 0 radical (unpaired) electrons. The van der Waals surface area contributed by atoms with Gasteiger partial charge in [-0.1, -0.05) is 6.92 Å². The first-order chi connectivity index (χ1) is 15.6. The molecule has 3 aromatic carbocycles. The molecule has 0 spiro atoms. The van der Waals surface area contributed by atoms with E-state index in [1.807, 2.05) is 0 Å². The highest BCUT2D eigenvalue weighted by Gasteiger charge is 2.15. The van der Waals surface area contributed by atoms with Crippen LogP contribution in [0.15, 0.2) is 77.7 Å². The molecular formula is C22H22FN3O5S2. The Labute approximate surface area is 192 Å². The lowest BCUT2D eigenvalue weighted by Crippen LogP contribution is -2.16. The van der Waals surface area contributed by atoms with Crippen molar-refractivity contribution >= 4 is 43.0 Å². The molecule has 0 aliphatic heterocycles. The summed E-state index contributed by atoms with van der Waals surface area (Å²) in [7, 11) is -7.30. The molecule has 11 heteroatoms. The zero-order valence-electron chi connectivity index (χ0n) is 17.6. The Balaban J connectivity index is 1.63. The van der Waals surface area contributed by atoms with Crippen LogP contribution in [0.3, 0.4) is 0 Å². The minimum absolute atomic E-state index is 0.0154. The molecule has 0 aliphatic rings. The van der Waals surface area contributed by atoms with Crippen molar-refractivity contribution in [3.63, 3.8) is 0 Å². The van der Waals surface area contributed by atoms with E-state index in [2.05, 4.69) is 14.8 Å². The van der Waals surface area contributed by atoms with Crippen LogP contribution in [0.1, 0.15) is 23.7 Å². The van der Waals surface area contributed by atoms with Crippen molar-refractivity contribution in [2.75, 3.05) is 20.5 Å². The smallest absolute Gasteiger partial charge is 0.261 e. The maximum atomic E-state index is 13.0. The number of nitrogens with one attached hydrogen (secondary N) is 3. The maximum Gasteiger partial charge on any atom is 0.261 e. The second-order valence-corrected chi connectivity index (χ2v) is 10.6. The fourth-order valence-electron chi connectivity index (χ4n) is 2.84. The number of benzene rings is 3. The van der Waals surface area contributed by atoms with Crippen molar-refractivity contribution in [3.8, 4) is 0 Å². The number of halogens is 1. The summed E-state index contributed by atoms with van der Waals surface area (Å²) in [5.74, 6) is -0.958. The van der Waals surface area contributed by atoms with Gasteiger partial charge in [-0.3, -0.25) is 14.2 Å². The van der Waals surface area contributed by atoms with Crippen LogP contribution in [0.25, 0.3) is 0 Å². The van der Waals surface area contributed by atoms with Crippen molar-refractivity contribution in [2.24, 2.45) is 0 Å². The molecule has 174 valence electrons. The lowest BCUT2D eigenvalue weighted by molar-refractivity contribution is 0.102. The van der Waals surface area contributed by atoms with Crippen LogP contribution in [0.2, 0.25) is 0 Å². The second kappa shape index (κ2) is 10.0. The number of rotatable bonds is 9. The fourth-order valence-corrected chi connectivity index (χ4v) is 5.03. The molecule has 0 bridgehead atoms. The van der Waals surface area contributed by atoms with E-state index in [9.17, 15) is 26.0 Å². The van der Waals surface area contributed by atoms with Gasteiger partial charge in [0.1, 0.15) is 5.82 Å². The van der Waals surface area contributed by atoms with Gasteiger partial charge in [0.2, 0.25) is 10.0 Å². The van der Waals surface area contributed by atoms with Crippen LogP contribution in [-0.4, -0.2) is 28.5 Å². The highest BCUT2D eigenvalue weighted by molar-refractivity contribution is 7.93. The zero-order valence-corrected chi connectivity index (χ0v) is 19.2. The molecule has 1 amide bonds. The molecule has 3 aromatic rings. The van der Waals surface area contributed by atoms with Gasteiger partial charge in [0.05, 0.1) is 10.6 Å². The standard InChI is InChI=1S/C22H22FN3O5S2/c1-2-15-32(28,29)25-19-11-9-18(10-12-19)24-22(27)16-3-7-20(8-4-16)26-33(30,31)21-13-5-17(23)6-14-21/h3-14,25-26H,2,15H2,1H3,(H,24,27). The van der Waals surface area contributed by atoms with E-state index in [0.29, 0.717) is 17.8 Å². The summed E-state index contributed by atoms with van der Waals surface area (Å²) in [6.45, 7) is 1.77. The monoisotopic (exact) mass is 491 g/mol. The van der Waals surface area contributed by atoms with Gasteiger partial charge in [0.25, 0.3) is 15.9 Å². The molecule has 3 N–H and O–H groups in total. The summed E-state index contributed by atoms with van der Waals surface area (Å²) < 4.78 is 66.2. The van der Waals surface area contributed by atoms with Gasteiger partial charge in [0, 0.05) is 22.6 Å². The van der Waals surface area contributed by atoms with Gasteiger partial charge in [0.15, 0.2) is 0 Å². The zero-order chi connectivity index (χ0) is 24.1. The average molecular weight is 492 g/mol. The van der Waals surface area contributed by atoms with Crippen LogP contribution in [-0.2, 0) is 20.0 Å². The Hall–Kier alpha value is -3.44. The van der Waals surface area contributed by atoms with Gasteiger partial charge in [-0.15, -0.1) is 0 Å². The highest BCUT2D eigenvalue weighted by Crippen LogP contribution is 2.19. The number of hydrogen-bond donors (Lipinski definition) is 3. The van der Waals surface area contributed by atoms with Crippen molar-refractivity contribution in [2.45, 2.75) is 18.2 Å². The Kier molecular flexibility index (Phi) is 7.34. The quantitative estimate of drug-likeness (QED) is 0.417. The number of amides is 1. The van der Waals surface area contributed by atoms with E-state index in [-0.39, 0.29) is 21.9 Å². The first-order valence-electron chi connectivity index (χ1n) is 9.88. The minimum atomic E-state index is -3.90. The Morgan fingerprint density at radius 2 is 1.27 bits per heavy atom. The highest BCUT2D eigenvalue weighted by atomic mass is 32.2. The van der Waals surface area contributed by atoms with Crippen LogP contribution >= 0.6 is 0 Å². The molecule has 0 aliphatic carbocycles. The second-order valence-electron chi connectivity index (χ2n) is 7.09. The van der Waals surface area contributed by atoms with E-state index < -0.39 is 31.8 Å². The van der Waals surface area contributed by atoms with E-state index in [4.69, 9.17) is 0 Å². The summed E-state index contributed by atoms with van der Waals surface area (Å²) in [4.78, 5) is 12.4. The lowest BCUT2D eigenvalue weighted by Gasteiger charge is -2.10. The van der Waals surface area contributed by atoms with Gasteiger partial charge in [-0.05, 0) is 79.2 Å². The molecule has 0 heterocycles. The lowest BCUT2D eigenvalue weighted by atomic mass is 10.2. The summed E-state index contributed by atoms with van der Waals surface area (Å²) in [5.41, 5.74) is 1.37. The van der Waals surface area contributed by atoms with E-state index in [0.717, 1.165) is 24.3 Å². The van der Waals surface area contributed by atoms with Gasteiger partial charge < -0.3 is 5.32 Å². The molecule has 0 aromatic heterocycles. The normalized spacial score (nSPS) is 11.6. The van der Waals surface area contributed by atoms with E-state index >= 15 is 0 Å². The fraction of sp³-hybridized carbons (Fsp3) is 0.136. The molecule has 0 fully saturated rings. The van der Waals surface area contributed by atoms with Crippen molar-refractivity contribution in [1.29, 1.82) is 0 Å². The molecule has 0 saturated carbocycles. The van der Waals surface area contributed by atoms with Crippen LogP contribution in [0.5, 0.6) is 0 Å². The number of carbonyl (C=O) groups excluding carboxylic acids is 1. The van der Waals surface area contributed by atoms with Crippen molar-refractivity contribution in [3.05, 3.63) is 84.2 Å². The van der Waals surface area contributed by atoms with Crippen LogP contribution in [0, 0.1) is 5.82 Å². The minimum Gasteiger partial charge on any atom is -0.322 e. The third-order valence-electron chi connectivity index (χ3n) is 4.41. The number of hydrogen-bond acceptors (Lipinski definition) is 5. The van der Waals surface area contributed by atoms with E-state index in [1.165, 1.54) is 36.4 Å². The summed E-state index contributed by atoms with van der Waals surface area (Å²) in [5, 5.41) is 2.68. The summed E-state index contributed by atoms with van der Waals surface area (Å²) >= 11 is 0. The average Bonchev–Trinajstić information content (AvgIpc) is 2.75. The number of sulfonamides is 2. The first kappa shape index (κ1) is 24.2. The summed E-state index contributed by atoms with van der Waals surface area (Å²) in [6, 6.07) is 16.4. The predicted octanol–water partition coefficient (Wildman–Crippen LogP) is 4.03. The molecular weight excluding hydrogens is 469 g/mol. The molecule has 0 saturated heterocycles. The Morgan fingerprint density at radius 3 is 1.85 bits per heavy atom. The third kappa shape index (κ3) is 6.77. The van der Waals surface area contributed by atoms with Crippen LogP contribution < -0.4 is 14.8 Å². The molecule has 0 unspecified atom stereocenters.